The maximum absolute atomic E-state index is 13.0. The van der Waals surface area contributed by atoms with Gasteiger partial charge in [0.2, 0.25) is 10.0 Å². The molecular weight excluding hydrogens is 362 g/mol. The van der Waals surface area contributed by atoms with Gasteiger partial charge in [-0.3, -0.25) is 0 Å². The molecule has 2 unspecified atom stereocenters. The van der Waals surface area contributed by atoms with Crippen molar-refractivity contribution in [3.8, 4) is 0 Å². The highest BCUT2D eigenvalue weighted by Gasteiger charge is 2.39. The molecule has 2 aromatic rings. The lowest BCUT2D eigenvalue weighted by molar-refractivity contribution is 0.397. The molecule has 1 aliphatic heterocycles. The highest BCUT2D eigenvalue weighted by molar-refractivity contribution is 9.09. The number of alkyl halides is 1. The molecule has 0 amide bonds. The first-order valence-electron chi connectivity index (χ1n) is 7.26. The molecule has 1 saturated heterocycles. The standard InChI is InChI=1S/C17H18BrNO2S/c1-13-7-9-16(10-8-13)22(20,21)19-12-15(18)11-17(19)14-5-3-2-4-6-14/h2-10,15,17H,11-12H2,1H3. The lowest BCUT2D eigenvalue weighted by atomic mass is 10.1. The average Bonchev–Trinajstić information content (AvgIpc) is 2.91. The second-order valence-corrected chi connectivity index (χ2v) is 8.83. The largest absolute Gasteiger partial charge is 0.243 e. The van der Waals surface area contributed by atoms with E-state index >= 15 is 0 Å². The Labute approximate surface area is 140 Å². The molecule has 0 bridgehead atoms. The van der Waals surface area contributed by atoms with E-state index in [0.717, 1.165) is 17.5 Å². The van der Waals surface area contributed by atoms with Crippen molar-refractivity contribution in [1.82, 2.24) is 4.31 Å². The summed E-state index contributed by atoms with van der Waals surface area (Å²) < 4.78 is 27.6. The number of hydrogen-bond donors (Lipinski definition) is 0. The lowest BCUT2D eigenvalue weighted by Crippen LogP contribution is -2.31. The Morgan fingerprint density at radius 2 is 1.68 bits per heavy atom. The van der Waals surface area contributed by atoms with Crippen molar-refractivity contribution >= 4 is 26.0 Å². The van der Waals surface area contributed by atoms with Crippen molar-refractivity contribution < 1.29 is 8.42 Å². The lowest BCUT2D eigenvalue weighted by Gasteiger charge is -2.24. The maximum atomic E-state index is 13.0. The van der Waals surface area contributed by atoms with E-state index in [4.69, 9.17) is 0 Å². The molecule has 0 aliphatic carbocycles. The fraction of sp³-hybridized carbons (Fsp3) is 0.294. The fourth-order valence-corrected chi connectivity index (χ4v) is 5.37. The van der Waals surface area contributed by atoms with Crippen LogP contribution in [0.15, 0.2) is 59.5 Å². The maximum Gasteiger partial charge on any atom is 0.243 e. The van der Waals surface area contributed by atoms with Crippen LogP contribution < -0.4 is 0 Å². The average molecular weight is 380 g/mol. The zero-order valence-electron chi connectivity index (χ0n) is 12.3. The molecular formula is C17H18BrNO2S. The summed E-state index contributed by atoms with van der Waals surface area (Å²) in [4.78, 5) is 0.540. The second kappa shape index (κ2) is 6.14. The quantitative estimate of drug-likeness (QED) is 0.758. The van der Waals surface area contributed by atoms with Crippen LogP contribution in [0.4, 0.5) is 0 Å². The van der Waals surface area contributed by atoms with E-state index in [1.54, 1.807) is 16.4 Å². The van der Waals surface area contributed by atoms with Gasteiger partial charge >= 0.3 is 0 Å². The molecule has 3 nitrogen and oxygen atoms in total. The third-order valence-corrected chi connectivity index (χ3v) is 6.57. The van der Waals surface area contributed by atoms with Crippen LogP contribution in [-0.4, -0.2) is 24.1 Å². The molecule has 2 aromatic carbocycles. The van der Waals surface area contributed by atoms with E-state index < -0.39 is 10.0 Å². The van der Waals surface area contributed by atoms with Gasteiger partial charge in [0.15, 0.2) is 0 Å². The fourth-order valence-electron chi connectivity index (χ4n) is 2.85. The number of nitrogens with zero attached hydrogens (tertiary/aromatic N) is 1. The van der Waals surface area contributed by atoms with Crippen molar-refractivity contribution in [3.05, 3.63) is 65.7 Å². The molecule has 1 fully saturated rings. The van der Waals surface area contributed by atoms with Gasteiger partial charge in [-0.1, -0.05) is 64.0 Å². The Kier molecular flexibility index (Phi) is 4.39. The van der Waals surface area contributed by atoms with Crippen LogP contribution in [0.3, 0.4) is 0 Å². The van der Waals surface area contributed by atoms with Gasteiger partial charge in [0.05, 0.1) is 10.9 Å². The summed E-state index contributed by atoms with van der Waals surface area (Å²) >= 11 is 3.59. The van der Waals surface area contributed by atoms with Crippen molar-refractivity contribution in [2.24, 2.45) is 0 Å². The topological polar surface area (TPSA) is 37.4 Å². The molecule has 22 heavy (non-hydrogen) atoms. The van der Waals surface area contributed by atoms with Gasteiger partial charge in [-0.15, -0.1) is 0 Å². The summed E-state index contributed by atoms with van der Waals surface area (Å²) in [7, 11) is -3.48. The van der Waals surface area contributed by atoms with E-state index in [9.17, 15) is 8.42 Å². The number of rotatable bonds is 3. The van der Waals surface area contributed by atoms with E-state index in [0.29, 0.717) is 11.4 Å². The van der Waals surface area contributed by atoms with Crippen LogP contribution in [-0.2, 0) is 10.0 Å². The highest BCUT2D eigenvalue weighted by Crippen LogP contribution is 2.39. The molecule has 0 spiro atoms. The van der Waals surface area contributed by atoms with Gasteiger partial charge < -0.3 is 0 Å². The number of benzene rings is 2. The summed E-state index contributed by atoms with van der Waals surface area (Å²) in [6.45, 7) is 2.45. The molecule has 0 N–H and O–H groups in total. The molecule has 116 valence electrons. The van der Waals surface area contributed by atoms with E-state index in [-0.39, 0.29) is 10.9 Å². The zero-order chi connectivity index (χ0) is 15.7. The molecule has 2 atom stereocenters. The van der Waals surface area contributed by atoms with Gasteiger partial charge in [0, 0.05) is 11.4 Å². The van der Waals surface area contributed by atoms with E-state index in [1.807, 2.05) is 49.4 Å². The van der Waals surface area contributed by atoms with Crippen LogP contribution in [0.5, 0.6) is 0 Å². The van der Waals surface area contributed by atoms with Crippen LogP contribution >= 0.6 is 15.9 Å². The van der Waals surface area contributed by atoms with Gasteiger partial charge in [0.1, 0.15) is 0 Å². The Bertz CT molecular complexity index is 744. The summed E-state index contributed by atoms with van der Waals surface area (Å²) in [5, 5.41) is 0. The summed E-state index contributed by atoms with van der Waals surface area (Å²) in [5.74, 6) is 0. The van der Waals surface area contributed by atoms with Crippen LogP contribution in [0.2, 0.25) is 0 Å². The van der Waals surface area contributed by atoms with Crippen LogP contribution in [0.1, 0.15) is 23.6 Å². The first-order valence-corrected chi connectivity index (χ1v) is 9.61. The number of sulfonamides is 1. The molecule has 0 aromatic heterocycles. The minimum atomic E-state index is -3.48. The normalized spacial score (nSPS) is 22.8. The van der Waals surface area contributed by atoms with Gasteiger partial charge in [-0.2, -0.15) is 4.31 Å². The Balaban J connectivity index is 1.99. The van der Waals surface area contributed by atoms with Gasteiger partial charge in [-0.05, 0) is 31.0 Å². The zero-order valence-corrected chi connectivity index (χ0v) is 14.7. The highest BCUT2D eigenvalue weighted by atomic mass is 79.9. The summed E-state index contributed by atoms with van der Waals surface area (Å²) in [5.41, 5.74) is 2.10. The van der Waals surface area contributed by atoms with Crippen molar-refractivity contribution in [2.75, 3.05) is 6.54 Å². The Hall–Kier alpha value is -1.17. The third-order valence-electron chi connectivity index (χ3n) is 4.02. The molecule has 1 heterocycles. The predicted octanol–water partition coefficient (Wildman–Crippen LogP) is 3.89. The van der Waals surface area contributed by atoms with Crippen molar-refractivity contribution in [1.29, 1.82) is 0 Å². The Morgan fingerprint density at radius 1 is 1.05 bits per heavy atom. The third kappa shape index (κ3) is 2.98. The van der Waals surface area contributed by atoms with Gasteiger partial charge in [0.25, 0.3) is 0 Å². The minimum Gasteiger partial charge on any atom is -0.207 e. The van der Waals surface area contributed by atoms with Crippen LogP contribution in [0, 0.1) is 6.92 Å². The summed E-state index contributed by atoms with van der Waals surface area (Å²) in [6, 6.07) is 16.8. The van der Waals surface area contributed by atoms with Gasteiger partial charge in [-0.25, -0.2) is 8.42 Å². The number of halogens is 1. The first kappa shape index (κ1) is 15.7. The van der Waals surface area contributed by atoms with Crippen LogP contribution in [0.25, 0.3) is 0 Å². The van der Waals surface area contributed by atoms with Crippen molar-refractivity contribution in [2.45, 2.75) is 29.1 Å². The minimum absolute atomic E-state index is 0.114. The predicted molar refractivity (Wildman–Crippen MR) is 91.6 cm³/mol. The SMILES string of the molecule is Cc1ccc(S(=O)(=O)N2CC(Br)CC2c2ccccc2)cc1. The molecule has 3 rings (SSSR count). The number of aryl methyl sites for hydroxylation is 1. The molecule has 5 heteroatoms. The first-order chi connectivity index (χ1) is 10.5. The Morgan fingerprint density at radius 3 is 2.32 bits per heavy atom. The molecule has 0 saturated carbocycles. The second-order valence-electron chi connectivity index (χ2n) is 5.65. The number of hydrogen-bond acceptors (Lipinski definition) is 2. The van der Waals surface area contributed by atoms with E-state index in [1.165, 1.54) is 0 Å². The monoisotopic (exact) mass is 379 g/mol. The smallest absolute Gasteiger partial charge is 0.207 e. The van der Waals surface area contributed by atoms with Crippen molar-refractivity contribution in [3.63, 3.8) is 0 Å². The molecule has 0 radical (unpaired) electrons. The molecule has 1 aliphatic rings. The van der Waals surface area contributed by atoms with E-state index in [2.05, 4.69) is 15.9 Å². The summed E-state index contributed by atoms with van der Waals surface area (Å²) in [6.07, 6.45) is 0.787.